The van der Waals surface area contributed by atoms with E-state index in [-0.39, 0.29) is 36.0 Å². The molecular formula is C26H32N2O5. The normalized spacial score (nSPS) is 18.3. The van der Waals surface area contributed by atoms with E-state index in [4.69, 9.17) is 9.47 Å². The summed E-state index contributed by atoms with van der Waals surface area (Å²) < 4.78 is 11.1. The highest BCUT2D eigenvalue weighted by atomic mass is 16.5. The monoisotopic (exact) mass is 452 g/mol. The van der Waals surface area contributed by atoms with Crippen molar-refractivity contribution in [2.24, 2.45) is 0 Å². The van der Waals surface area contributed by atoms with Gasteiger partial charge in [-0.15, -0.1) is 0 Å². The number of benzene rings is 1. The molecule has 1 aromatic heterocycles. The molecule has 33 heavy (non-hydrogen) atoms. The van der Waals surface area contributed by atoms with Crippen molar-refractivity contribution < 1.29 is 24.2 Å². The molecule has 176 valence electrons. The van der Waals surface area contributed by atoms with Crippen LogP contribution >= 0.6 is 0 Å². The first-order valence-corrected chi connectivity index (χ1v) is 11.1. The lowest BCUT2D eigenvalue weighted by Crippen LogP contribution is -2.33. The summed E-state index contributed by atoms with van der Waals surface area (Å²) in [6.07, 6.45) is 1.59. The molecule has 7 heteroatoms. The average Bonchev–Trinajstić information content (AvgIpc) is 3.03. The van der Waals surface area contributed by atoms with Gasteiger partial charge in [-0.3, -0.25) is 14.6 Å². The van der Waals surface area contributed by atoms with Gasteiger partial charge in [0.05, 0.1) is 31.1 Å². The number of rotatable bonds is 7. The summed E-state index contributed by atoms with van der Waals surface area (Å²) in [6, 6.07) is 9.75. The maximum atomic E-state index is 13.1. The van der Waals surface area contributed by atoms with E-state index in [1.54, 1.807) is 49.7 Å². The Bertz CT molecular complexity index is 1050. The fraction of sp³-hybridized carbons (Fsp3) is 0.423. The molecule has 0 saturated carbocycles. The topological polar surface area (TPSA) is 89.0 Å². The van der Waals surface area contributed by atoms with Gasteiger partial charge in [-0.25, -0.2) is 0 Å². The van der Waals surface area contributed by atoms with Gasteiger partial charge in [-0.05, 0) is 49.6 Å². The molecule has 3 rings (SSSR count). The van der Waals surface area contributed by atoms with E-state index in [0.717, 1.165) is 5.56 Å². The molecule has 2 aromatic rings. The number of hydrogen-bond donors (Lipinski definition) is 1. The van der Waals surface area contributed by atoms with Gasteiger partial charge >= 0.3 is 0 Å². The predicted octanol–water partition coefficient (Wildman–Crippen LogP) is 4.23. The number of nitrogens with zero attached hydrogens (tertiary/aromatic N) is 2. The largest absolute Gasteiger partial charge is 0.507 e. The number of carbonyl (C=O) groups excluding carboxylic acids is 2. The van der Waals surface area contributed by atoms with Crippen LogP contribution in [0.1, 0.15) is 57.5 Å². The molecule has 1 N–H and O–H groups in total. The highest BCUT2D eigenvalue weighted by Gasteiger charge is 2.46. The number of pyridine rings is 1. The molecular weight excluding hydrogens is 420 g/mol. The summed E-state index contributed by atoms with van der Waals surface area (Å²) in [5, 5.41) is 11.3. The summed E-state index contributed by atoms with van der Waals surface area (Å²) in [5.41, 5.74) is 1.59. The lowest BCUT2D eigenvalue weighted by molar-refractivity contribution is -0.140. The molecule has 7 nitrogen and oxygen atoms in total. The summed E-state index contributed by atoms with van der Waals surface area (Å²) in [4.78, 5) is 31.9. The molecule has 1 amide bonds. The number of aromatic nitrogens is 1. The van der Waals surface area contributed by atoms with Crippen LogP contribution < -0.4 is 4.74 Å². The van der Waals surface area contributed by atoms with Gasteiger partial charge < -0.3 is 19.5 Å². The van der Waals surface area contributed by atoms with Crippen LogP contribution in [-0.4, -0.2) is 53.0 Å². The van der Waals surface area contributed by atoms with Gasteiger partial charge in [0.2, 0.25) is 0 Å². The van der Waals surface area contributed by atoms with Crippen LogP contribution in [0.15, 0.2) is 48.2 Å². The smallest absolute Gasteiger partial charge is 0.295 e. The van der Waals surface area contributed by atoms with Crippen molar-refractivity contribution in [3.05, 3.63) is 65.0 Å². The first kappa shape index (κ1) is 24.5. The minimum absolute atomic E-state index is 0.00904. The maximum Gasteiger partial charge on any atom is 0.295 e. The second-order valence-electron chi connectivity index (χ2n) is 9.33. The summed E-state index contributed by atoms with van der Waals surface area (Å²) in [5.74, 6) is -0.957. The second-order valence-corrected chi connectivity index (χ2v) is 9.33. The zero-order chi connectivity index (χ0) is 24.3. The average molecular weight is 453 g/mol. The van der Waals surface area contributed by atoms with Gasteiger partial charge in [0.1, 0.15) is 17.6 Å². The van der Waals surface area contributed by atoms with Crippen molar-refractivity contribution in [1.82, 2.24) is 9.88 Å². The molecule has 1 aliphatic rings. The zero-order valence-electron chi connectivity index (χ0n) is 20.1. The number of Topliss-reactive ketones (excluding diaryl/α,β-unsaturated/α-hetero) is 1. The van der Waals surface area contributed by atoms with E-state index >= 15 is 0 Å². The minimum atomic E-state index is -0.804. The lowest BCUT2D eigenvalue weighted by Gasteiger charge is -2.25. The molecule has 1 saturated heterocycles. The molecule has 0 radical (unpaired) electrons. The van der Waals surface area contributed by atoms with Crippen LogP contribution in [0.2, 0.25) is 0 Å². The fourth-order valence-electron chi connectivity index (χ4n) is 3.94. The number of methoxy groups -OCH3 is 1. The van der Waals surface area contributed by atoms with Gasteiger partial charge in [0.15, 0.2) is 0 Å². The summed E-state index contributed by atoms with van der Waals surface area (Å²) in [6.45, 7) is 10.4. The number of carbonyl (C=O) groups is 2. The van der Waals surface area contributed by atoms with Gasteiger partial charge in [0, 0.05) is 23.9 Å². The van der Waals surface area contributed by atoms with Gasteiger partial charge in [-0.1, -0.05) is 26.8 Å². The first-order chi connectivity index (χ1) is 15.6. The number of likely N-dealkylation sites (tertiary alicyclic amines) is 1. The Kier molecular flexibility index (Phi) is 7.22. The van der Waals surface area contributed by atoms with Crippen LogP contribution in [0.3, 0.4) is 0 Å². The first-order valence-electron chi connectivity index (χ1n) is 11.1. The minimum Gasteiger partial charge on any atom is -0.507 e. The molecule has 0 aliphatic carbocycles. The number of hydrogen-bond acceptors (Lipinski definition) is 6. The van der Waals surface area contributed by atoms with E-state index in [9.17, 15) is 14.7 Å². The van der Waals surface area contributed by atoms with Crippen molar-refractivity contribution in [3.63, 3.8) is 0 Å². The summed E-state index contributed by atoms with van der Waals surface area (Å²) in [7, 11) is 1.59. The predicted molar refractivity (Wildman–Crippen MR) is 126 cm³/mol. The third-order valence-corrected chi connectivity index (χ3v) is 5.57. The molecule has 1 aromatic carbocycles. The Labute approximate surface area is 195 Å². The molecule has 1 aliphatic heterocycles. The van der Waals surface area contributed by atoms with Crippen LogP contribution in [0.25, 0.3) is 5.76 Å². The quantitative estimate of drug-likeness (QED) is 0.384. The standard InChI is InChI=1S/C26H32N2O5/c1-16(2)33-14-13-28-22(19-9-7-8-12-27-19)21(24(30)25(28)31)23(29)17-10-11-20(32-6)18(15-17)26(3,4)5/h7-12,15-16,22,29H,13-14H2,1-6H3/b23-21-. The highest BCUT2D eigenvalue weighted by Crippen LogP contribution is 2.40. The number of aliphatic hydroxyl groups excluding tert-OH is 1. The third-order valence-electron chi connectivity index (χ3n) is 5.57. The number of amides is 1. The third kappa shape index (κ3) is 5.09. The highest BCUT2D eigenvalue weighted by molar-refractivity contribution is 6.46. The van der Waals surface area contributed by atoms with Crippen LogP contribution in [-0.2, 0) is 19.7 Å². The van der Waals surface area contributed by atoms with Crippen molar-refractivity contribution in [3.8, 4) is 5.75 Å². The van der Waals surface area contributed by atoms with E-state index in [1.165, 1.54) is 4.90 Å². The van der Waals surface area contributed by atoms with Crippen LogP contribution in [0, 0.1) is 0 Å². The maximum absolute atomic E-state index is 13.1. The Balaban J connectivity index is 2.14. The van der Waals surface area contributed by atoms with Crippen molar-refractivity contribution in [1.29, 1.82) is 0 Å². The number of aliphatic hydroxyl groups is 1. The Morgan fingerprint density at radius 3 is 2.48 bits per heavy atom. The molecule has 0 bridgehead atoms. The van der Waals surface area contributed by atoms with Crippen molar-refractivity contribution in [2.45, 2.75) is 52.2 Å². The molecule has 1 fully saturated rings. The Morgan fingerprint density at radius 1 is 1.18 bits per heavy atom. The molecule has 1 atom stereocenters. The van der Waals surface area contributed by atoms with E-state index in [2.05, 4.69) is 4.98 Å². The zero-order valence-corrected chi connectivity index (χ0v) is 20.1. The summed E-state index contributed by atoms with van der Waals surface area (Å²) >= 11 is 0. The fourth-order valence-corrected chi connectivity index (χ4v) is 3.94. The number of ketones is 1. The van der Waals surface area contributed by atoms with Gasteiger partial charge in [-0.2, -0.15) is 0 Å². The Hall–Kier alpha value is -3.19. The lowest BCUT2D eigenvalue weighted by atomic mass is 9.84. The molecule has 2 heterocycles. The van der Waals surface area contributed by atoms with Gasteiger partial charge in [0.25, 0.3) is 11.7 Å². The van der Waals surface area contributed by atoms with E-state index < -0.39 is 17.7 Å². The van der Waals surface area contributed by atoms with Crippen LogP contribution in [0.4, 0.5) is 0 Å². The molecule has 0 spiro atoms. The van der Waals surface area contributed by atoms with E-state index in [0.29, 0.717) is 17.0 Å². The Morgan fingerprint density at radius 2 is 1.91 bits per heavy atom. The van der Waals surface area contributed by atoms with Crippen LogP contribution in [0.5, 0.6) is 5.75 Å². The van der Waals surface area contributed by atoms with Crippen molar-refractivity contribution >= 4 is 17.4 Å². The van der Waals surface area contributed by atoms with Crippen molar-refractivity contribution in [2.75, 3.05) is 20.3 Å². The van der Waals surface area contributed by atoms with E-state index in [1.807, 2.05) is 34.6 Å². The molecule has 1 unspecified atom stereocenters. The SMILES string of the molecule is COc1ccc(/C(O)=C2/C(=O)C(=O)N(CCOC(C)C)C2c2ccccn2)cc1C(C)(C)C. The number of ether oxygens (including phenoxy) is 2. The second kappa shape index (κ2) is 9.75.